The van der Waals surface area contributed by atoms with Crippen molar-refractivity contribution in [3.63, 3.8) is 0 Å². The molecule has 0 N–H and O–H groups in total. The van der Waals surface area contributed by atoms with Crippen molar-refractivity contribution >= 4 is 12.0 Å². The second-order valence-corrected chi connectivity index (χ2v) is 9.13. The number of amides is 1. The fourth-order valence-corrected chi connectivity index (χ4v) is 4.72. The minimum absolute atomic E-state index is 0.186. The van der Waals surface area contributed by atoms with E-state index in [-0.39, 0.29) is 11.5 Å². The maximum absolute atomic E-state index is 12.7. The Balaban J connectivity index is 1.10. The van der Waals surface area contributed by atoms with Crippen LogP contribution in [-0.2, 0) is 4.79 Å². The molecule has 1 amide bonds. The summed E-state index contributed by atoms with van der Waals surface area (Å²) < 4.78 is 17.4. The highest BCUT2D eigenvalue weighted by Gasteiger charge is 2.37. The standard InChI is InChI=1S/C30H31NO4/c1-33-26-10-12-27(13-11-26)34-21-5-8-29(32)31-19-17-30(18-20-31)16-15-25-22-24(9-14-28(25)35-30)23-6-3-2-4-7-23/h2-4,6-7,9-16,22H,5,8,17-21H2,1H3. The predicted molar refractivity (Wildman–Crippen MR) is 138 cm³/mol. The molecule has 0 bridgehead atoms. The molecule has 0 saturated carbocycles. The number of nitrogens with zero attached hydrogens (tertiary/aromatic N) is 1. The van der Waals surface area contributed by atoms with E-state index in [2.05, 4.69) is 54.6 Å². The monoisotopic (exact) mass is 469 g/mol. The van der Waals surface area contributed by atoms with Crippen LogP contribution in [-0.4, -0.2) is 43.2 Å². The highest BCUT2D eigenvalue weighted by Crippen LogP contribution is 2.39. The van der Waals surface area contributed by atoms with Gasteiger partial charge in [0.05, 0.1) is 13.7 Å². The third kappa shape index (κ3) is 5.35. The lowest BCUT2D eigenvalue weighted by Crippen LogP contribution is -2.49. The van der Waals surface area contributed by atoms with Gasteiger partial charge >= 0.3 is 0 Å². The van der Waals surface area contributed by atoms with Gasteiger partial charge in [0.2, 0.25) is 5.91 Å². The van der Waals surface area contributed by atoms with Crippen LogP contribution in [0.3, 0.4) is 0 Å². The van der Waals surface area contributed by atoms with Crippen molar-refractivity contribution in [1.29, 1.82) is 0 Å². The molecule has 5 nitrogen and oxygen atoms in total. The second kappa shape index (κ2) is 10.3. The van der Waals surface area contributed by atoms with Gasteiger partial charge in [-0.2, -0.15) is 0 Å². The topological polar surface area (TPSA) is 48.0 Å². The van der Waals surface area contributed by atoms with Gasteiger partial charge in [0.25, 0.3) is 0 Å². The van der Waals surface area contributed by atoms with Crippen molar-refractivity contribution in [2.75, 3.05) is 26.8 Å². The fourth-order valence-electron chi connectivity index (χ4n) is 4.72. The molecule has 0 unspecified atom stereocenters. The van der Waals surface area contributed by atoms with Gasteiger partial charge in [-0.05, 0) is 60.0 Å². The number of ether oxygens (including phenoxy) is 3. The molecule has 2 aliphatic heterocycles. The van der Waals surface area contributed by atoms with Crippen LogP contribution in [0.15, 0.2) is 78.9 Å². The van der Waals surface area contributed by atoms with E-state index in [0.717, 1.165) is 35.7 Å². The number of carbonyl (C=O) groups is 1. The molecule has 0 atom stereocenters. The minimum atomic E-state index is -0.324. The molecule has 1 spiro atoms. The van der Waals surface area contributed by atoms with E-state index in [4.69, 9.17) is 14.2 Å². The number of rotatable bonds is 7. The van der Waals surface area contributed by atoms with Gasteiger partial charge in [0.1, 0.15) is 22.8 Å². The molecule has 0 aliphatic carbocycles. The zero-order valence-corrected chi connectivity index (χ0v) is 20.1. The van der Waals surface area contributed by atoms with Crippen LogP contribution in [0.5, 0.6) is 17.2 Å². The summed E-state index contributed by atoms with van der Waals surface area (Å²) in [4.78, 5) is 14.7. The van der Waals surface area contributed by atoms with E-state index in [9.17, 15) is 4.79 Å². The van der Waals surface area contributed by atoms with Crippen LogP contribution >= 0.6 is 0 Å². The largest absolute Gasteiger partial charge is 0.497 e. The summed E-state index contributed by atoms with van der Waals surface area (Å²) in [6.07, 6.45) is 7.16. The molecule has 3 aromatic carbocycles. The molecule has 0 radical (unpaired) electrons. The van der Waals surface area contributed by atoms with Crippen molar-refractivity contribution < 1.29 is 19.0 Å². The van der Waals surface area contributed by atoms with Crippen molar-refractivity contribution in [2.24, 2.45) is 0 Å². The Hall–Kier alpha value is -3.73. The molecule has 2 heterocycles. The number of benzene rings is 3. The zero-order valence-electron chi connectivity index (χ0n) is 20.1. The summed E-state index contributed by atoms with van der Waals surface area (Å²) in [5.74, 6) is 2.69. The van der Waals surface area contributed by atoms with Crippen LogP contribution < -0.4 is 14.2 Å². The normalized spacial score (nSPS) is 15.9. The first-order chi connectivity index (χ1) is 17.1. The molecular weight excluding hydrogens is 438 g/mol. The van der Waals surface area contributed by atoms with E-state index < -0.39 is 0 Å². The average Bonchev–Trinajstić information content (AvgIpc) is 2.92. The van der Waals surface area contributed by atoms with Gasteiger partial charge in [-0.15, -0.1) is 0 Å². The highest BCUT2D eigenvalue weighted by molar-refractivity contribution is 5.76. The third-order valence-electron chi connectivity index (χ3n) is 6.82. The van der Waals surface area contributed by atoms with E-state index >= 15 is 0 Å². The molecule has 5 heteroatoms. The Bertz CT molecular complexity index is 1180. The third-order valence-corrected chi connectivity index (χ3v) is 6.82. The van der Waals surface area contributed by atoms with Gasteiger partial charge in [-0.3, -0.25) is 4.79 Å². The van der Waals surface area contributed by atoms with Crippen LogP contribution in [0, 0.1) is 0 Å². The number of hydrogen-bond acceptors (Lipinski definition) is 4. The van der Waals surface area contributed by atoms with Gasteiger partial charge in [-0.25, -0.2) is 0 Å². The van der Waals surface area contributed by atoms with Crippen molar-refractivity contribution in [3.05, 3.63) is 84.4 Å². The Morgan fingerprint density at radius 1 is 0.943 bits per heavy atom. The first-order valence-corrected chi connectivity index (χ1v) is 12.3. The zero-order chi connectivity index (χ0) is 24.1. The maximum Gasteiger partial charge on any atom is 0.222 e. The van der Waals surface area contributed by atoms with Crippen molar-refractivity contribution in [1.82, 2.24) is 4.90 Å². The summed E-state index contributed by atoms with van der Waals surface area (Å²) in [5, 5.41) is 0. The lowest BCUT2D eigenvalue weighted by molar-refractivity contribution is -0.134. The smallest absolute Gasteiger partial charge is 0.222 e. The fraction of sp³-hybridized carbons (Fsp3) is 0.300. The van der Waals surface area contributed by atoms with Crippen LogP contribution in [0.1, 0.15) is 31.2 Å². The summed E-state index contributed by atoms with van der Waals surface area (Å²) in [6.45, 7) is 1.93. The SMILES string of the molecule is COc1ccc(OCCCC(=O)N2CCC3(C=Cc4cc(-c5ccccc5)ccc4O3)CC2)cc1. The summed E-state index contributed by atoms with van der Waals surface area (Å²) in [6, 6.07) is 24.2. The number of carbonyl (C=O) groups excluding carboxylic acids is 1. The summed E-state index contributed by atoms with van der Waals surface area (Å²) in [5.41, 5.74) is 3.16. The van der Waals surface area contributed by atoms with Gasteiger partial charge < -0.3 is 19.1 Å². The van der Waals surface area contributed by atoms with E-state index in [1.165, 1.54) is 11.1 Å². The summed E-state index contributed by atoms with van der Waals surface area (Å²) >= 11 is 0. The minimum Gasteiger partial charge on any atom is -0.497 e. The van der Waals surface area contributed by atoms with E-state index in [0.29, 0.717) is 32.5 Å². The number of fused-ring (bicyclic) bond motifs is 1. The first kappa shape index (κ1) is 23.0. The quantitative estimate of drug-likeness (QED) is 0.399. The maximum atomic E-state index is 12.7. The predicted octanol–water partition coefficient (Wildman–Crippen LogP) is 5.99. The molecule has 1 saturated heterocycles. The average molecular weight is 470 g/mol. The molecule has 1 fully saturated rings. The molecule has 3 aromatic rings. The molecule has 35 heavy (non-hydrogen) atoms. The van der Waals surface area contributed by atoms with Gasteiger partial charge in [-0.1, -0.05) is 42.5 Å². The highest BCUT2D eigenvalue weighted by atomic mass is 16.5. The lowest BCUT2D eigenvalue weighted by Gasteiger charge is -2.42. The number of hydrogen-bond donors (Lipinski definition) is 0. The molecular formula is C30H31NO4. The Morgan fingerprint density at radius 2 is 1.69 bits per heavy atom. The van der Waals surface area contributed by atoms with Crippen LogP contribution in [0.25, 0.3) is 17.2 Å². The Labute approximate surface area is 206 Å². The number of piperidine rings is 1. The van der Waals surface area contributed by atoms with Gasteiger partial charge in [0, 0.05) is 37.9 Å². The molecule has 5 rings (SSSR count). The van der Waals surface area contributed by atoms with Crippen LogP contribution in [0.4, 0.5) is 0 Å². The lowest BCUT2D eigenvalue weighted by atomic mass is 9.87. The molecule has 2 aliphatic rings. The van der Waals surface area contributed by atoms with Crippen molar-refractivity contribution in [3.8, 4) is 28.4 Å². The Kier molecular flexibility index (Phi) is 6.75. The first-order valence-electron chi connectivity index (χ1n) is 12.3. The number of likely N-dealkylation sites (tertiary alicyclic amines) is 1. The van der Waals surface area contributed by atoms with E-state index in [1.54, 1.807) is 7.11 Å². The van der Waals surface area contributed by atoms with Crippen LogP contribution in [0.2, 0.25) is 0 Å². The summed E-state index contributed by atoms with van der Waals surface area (Å²) in [7, 11) is 1.64. The number of methoxy groups -OCH3 is 1. The molecule has 180 valence electrons. The van der Waals surface area contributed by atoms with Crippen molar-refractivity contribution in [2.45, 2.75) is 31.3 Å². The van der Waals surface area contributed by atoms with E-state index in [1.807, 2.05) is 35.2 Å². The Morgan fingerprint density at radius 3 is 2.43 bits per heavy atom. The van der Waals surface area contributed by atoms with Gasteiger partial charge in [0.15, 0.2) is 0 Å². The second-order valence-electron chi connectivity index (χ2n) is 9.13. The molecule has 0 aromatic heterocycles.